The summed E-state index contributed by atoms with van der Waals surface area (Å²) in [4.78, 5) is 0. The molecule has 1 aromatic rings. The zero-order valence-corrected chi connectivity index (χ0v) is 17.2. The van der Waals surface area contributed by atoms with Gasteiger partial charge in [-0.05, 0) is 29.0 Å². The van der Waals surface area contributed by atoms with Gasteiger partial charge in [0.1, 0.15) is 0 Å². The van der Waals surface area contributed by atoms with Gasteiger partial charge in [0, 0.05) is 10.2 Å². The third-order valence-corrected chi connectivity index (χ3v) is 3.75. The largest absolute Gasteiger partial charge is 0.489 e. The van der Waals surface area contributed by atoms with Gasteiger partial charge in [0.05, 0.1) is 19.8 Å². The standard InChI is InChI=1S/C18H32O3Si/c1-12(2)9-19-15-7-8-16(22)18(21-11-14(5)6)17(15)20-10-13(3)4/h7-8,12-14H,9-11H2,1-6,22H3. The highest BCUT2D eigenvalue weighted by molar-refractivity contribution is 6.34. The van der Waals surface area contributed by atoms with Crippen LogP contribution in [0, 0.1) is 17.8 Å². The Hall–Kier alpha value is -1.16. The number of hydrogen-bond acceptors (Lipinski definition) is 3. The molecule has 0 aliphatic heterocycles. The lowest BCUT2D eigenvalue weighted by Crippen LogP contribution is -2.17. The molecule has 0 saturated heterocycles. The van der Waals surface area contributed by atoms with Gasteiger partial charge < -0.3 is 14.2 Å². The topological polar surface area (TPSA) is 27.7 Å². The van der Waals surface area contributed by atoms with Crippen LogP contribution in [0.15, 0.2) is 12.1 Å². The number of rotatable bonds is 9. The minimum Gasteiger partial charge on any atom is -0.489 e. The van der Waals surface area contributed by atoms with Crippen molar-refractivity contribution in [1.82, 2.24) is 0 Å². The van der Waals surface area contributed by atoms with E-state index < -0.39 is 0 Å². The maximum atomic E-state index is 6.05. The Morgan fingerprint density at radius 1 is 0.727 bits per heavy atom. The molecule has 0 radical (unpaired) electrons. The molecular weight excluding hydrogens is 292 g/mol. The summed E-state index contributed by atoms with van der Waals surface area (Å²) < 4.78 is 18.0. The third kappa shape index (κ3) is 6.30. The molecule has 0 aromatic heterocycles. The molecule has 22 heavy (non-hydrogen) atoms. The second-order valence-electron chi connectivity index (χ2n) is 7.15. The fourth-order valence-electron chi connectivity index (χ4n) is 1.83. The van der Waals surface area contributed by atoms with E-state index in [2.05, 4.69) is 47.6 Å². The highest BCUT2D eigenvalue weighted by Crippen LogP contribution is 2.36. The van der Waals surface area contributed by atoms with Crippen LogP contribution < -0.4 is 19.4 Å². The molecule has 4 heteroatoms. The first kappa shape index (κ1) is 18.9. The molecule has 0 heterocycles. The van der Waals surface area contributed by atoms with Crippen molar-refractivity contribution in [3.63, 3.8) is 0 Å². The fourth-order valence-corrected chi connectivity index (χ4v) is 2.37. The van der Waals surface area contributed by atoms with Gasteiger partial charge >= 0.3 is 0 Å². The fraction of sp³-hybridized carbons (Fsp3) is 0.667. The second-order valence-corrected chi connectivity index (χ2v) is 8.23. The van der Waals surface area contributed by atoms with Crippen molar-refractivity contribution < 1.29 is 14.2 Å². The molecule has 1 rings (SSSR count). The molecule has 0 aliphatic rings. The Morgan fingerprint density at radius 2 is 1.18 bits per heavy atom. The Kier molecular flexibility index (Phi) is 7.80. The summed E-state index contributed by atoms with van der Waals surface area (Å²) in [7, 11) is 0.926. The lowest BCUT2D eigenvalue weighted by Gasteiger charge is -2.21. The maximum Gasteiger partial charge on any atom is 0.203 e. The van der Waals surface area contributed by atoms with Gasteiger partial charge in [-0.3, -0.25) is 0 Å². The summed E-state index contributed by atoms with van der Waals surface area (Å²) in [5.41, 5.74) is 0. The molecule has 0 aliphatic carbocycles. The molecule has 0 bridgehead atoms. The van der Waals surface area contributed by atoms with E-state index in [1.807, 2.05) is 6.07 Å². The van der Waals surface area contributed by atoms with Crippen molar-refractivity contribution >= 4 is 15.4 Å². The summed E-state index contributed by atoms with van der Waals surface area (Å²) >= 11 is 0. The molecule has 0 amide bonds. The molecule has 0 unspecified atom stereocenters. The quantitative estimate of drug-likeness (QED) is 0.654. The van der Waals surface area contributed by atoms with Crippen molar-refractivity contribution in [2.45, 2.75) is 41.5 Å². The van der Waals surface area contributed by atoms with E-state index in [1.165, 1.54) is 5.19 Å². The van der Waals surface area contributed by atoms with Crippen LogP contribution >= 0.6 is 0 Å². The molecule has 0 spiro atoms. The van der Waals surface area contributed by atoms with Crippen LogP contribution in [0.25, 0.3) is 0 Å². The third-order valence-electron chi connectivity index (χ3n) is 2.97. The molecule has 1 aromatic carbocycles. The monoisotopic (exact) mass is 324 g/mol. The lowest BCUT2D eigenvalue weighted by molar-refractivity contribution is 0.208. The molecule has 126 valence electrons. The van der Waals surface area contributed by atoms with Gasteiger partial charge in [-0.2, -0.15) is 0 Å². The Labute approximate surface area is 138 Å². The van der Waals surface area contributed by atoms with Crippen LogP contribution in [-0.2, 0) is 0 Å². The van der Waals surface area contributed by atoms with Crippen LogP contribution in [0.2, 0.25) is 0 Å². The van der Waals surface area contributed by atoms with Crippen LogP contribution in [0.1, 0.15) is 41.5 Å². The Balaban J connectivity index is 3.05. The van der Waals surface area contributed by atoms with Gasteiger partial charge in [0.25, 0.3) is 0 Å². The molecule has 0 fully saturated rings. The zero-order chi connectivity index (χ0) is 16.7. The normalized spacial score (nSPS) is 11.5. The highest BCUT2D eigenvalue weighted by atomic mass is 28.1. The van der Waals surface area contributed by atoms with Gasteiger partial charge in [-0.1, -0.05) is 47.6 Å². The van der Waals surface area contributed by atoms with Gasteiger partial charge in [0.2, 0.25) is 5.75 Å². The van der Waals surface area contributed by atoms with Crippen molar-refractivity contribution in [2.24, 2.45) is 17.8 Å². The van der Waals surface area contributed by atoms with E-state index in [0.29, 0.717) is 37.6 Å². The van der Waals surface area contributed by atoms with Crippen LogP contribution in [-0.4, -0.2) is 30.1 Å². The van der Waals surface area contributed by atoms with E-state index in [0.717, 1.165) is 27.5 Å². The van der Waals surface area contributed by atoms with Crippen LogP contribution in [0.3, 0.4) is 0 Å². The van der Waals surface area contributed by atoms with Gasteiger partial charge in [-0.25, -0.2) is 0 Å². The van der Waals surface area contributed by atoms with E-state index in [4.69, 9.17) is 14.2 Å². The minimum absolute atomic E-state index is 0.466. The molecule has 3 nitrogen and oxygen atoms in total. The minimum atomic E-state index is 0.466. The number of hydrogen-bond donors (Lipinski definition) is 0. The van der Waals surface area contributed by atoms with Crippen molar-refractivity contribution in [3.05, 3.63) is 12.1 Å². The SMILES string of the molecule is CC(C)COc1ccc([SiH3])c(OCC(C)C)c1OCC(C)C. The lowest BCUT2D eigenvalue weighted by atomic mass is 10.2. The summed E-state index contributed by atoms with van der Waals surface area (Å²) in [6.07, 6.45) is 0. The van der Waals surface area contributed by atoms with Gasteiger partial charge in [-0.15, -0.1) is 0 Å². The Bertz CT molecular complexity index is 456. The number of benzene rings is 1. The highest BCUT2D eigenvalue weighted by Gasteiger charge is 2.17. The average Bonchev–Trinajstić information content (AvgIpc) is 2.42. The summed E-state index contributed by atoms with van der Waals surface area (Å²) in [6.45, 7) is 14.9. The van der Waals surface area contributed by atoms with Crippen molar-refractivity contribution in [1.29, 1.82) is 0 Å². The maximum absolute atomic E-state index is 6.05. The first-order valence-electron chi connectivity index (χ1n) is 8.33. The first-order valence-corrected chi connectivity index (χ1v) is 9.33. The van der Waals surface area contributed by atoms with Crippen LogP contribution in [0.5, 0.6) is 17.2 Å². The van der Waals surface area contributed by atoms with E-state index >= 15 is 0 Å². The van der Waals surface area contributed by atoms with Gasteiger partial charge in [0.15, 0.2) is 11.5 Å². The Morgan fingerprint density at radius 3 is 1.68 bits per heavy atom. The molecule has 0 atom stereocenters. The number of ether oxygens (including phenoxy) is 3. The zero-order valence-electron chi connectivity index (χ0n) is 15.2. The van der Waals surface area contributed by atoms with Crippen molar-refractivity contribution in [3.8, 4) is 17.2 Å². The van der Waals surface area contributed by atoms with E-state index in [1.54, 1.807) is 0 Å². The summed E-state index contributed by atoms with van der Waals surface area (Å²) in [5, 5.41) is 1.22. The smallest absolute Gasteiger partial charge is 0.203 e. The van der Waals surface area contributed by atoms with E-state index in [-0.39, 0.29) is 0 Å². The second kappa shape index (κ2) is 9.08. The predicted molar refractivity (Wildman–Crippen MR) is 97.0 cm³/mol. The van der Waals surface area contributed by atoms with Crippen molar-refractivity contribution in [2.75, 3.05) is 19.8 Å². The first-order chi connectivity index (χ1) is 10.3. The molecular formula is C18H32O3Si. The molecule has 0 N–H and O–H groups in total. The van der Waals surface area contributed by atoms with E-state index in [9.17, 15) is 0 Å². The summed E-state index contributed by atoms with van der Waals surface area (Å²) in [6, 6.07) is 4.11. The average molecular weight is 325 g/mol. The predicted octanol–water partition coefficient (Wildman–Crippen LogP) is 2.78. The summed E-state index contributed by atoms with van der Waals surface area (Å²) in [5.74, 6) is 3.89. The molecule has 0 saturated carbocycles. The van der Waals surface area contributed by atoms with Crippen LogP contribution in [0.4, 0.5) is 0 Å².